The second kappa shape index (κ2) is 4.62. The topological polar surface area (TPSA) is 25.2 Å². The summed E-state index contributed by atoms with van der Waals surface area (Å²) in [5, 5.41) is 3.68. The molecule has 2 rings (SSSR count). The Morgan fingerprint density at radius 1 is 1.56 bits per heavy atom. The molecule has 0 spiro atoms. The highest BCUT2D eigenvalue weighted by Gasteiger charge is 2.49. The van der Waals surface area contributed by atoms with Gasteiger partial charge < -0.3 is 9.73 Å². The maximum atomic E-state index is 5.14. The van der Waals surface area contributed by atoms with E-state index in [2.05, 4.69) is 32.2 Å². The van der Waals surface area contributed by atoms with Crippen molar-refractivity contribution in [2.24, 2.45) is 11.3 Å². The highest BCUT2D eigenvalue weighted by atomic mass is 16.3. The molecule has 0 aromatic carbocycles. The van der Waals surface area contributed by atoms with Crippen LogP contribution in [0, 0.1) is 11.3 Å². The fourth-order valence-electron chi connectivity index (χ4n) is 2.54. The van der Waals surface area contributed by atoms with Crippen molar-refractivity contribution in [1.82, 2.24) is 5.32 Å². The van der Waals surface area contributed by atoms with Crippen LogP contribution in [0.3, 0.4) is 0 Å². The minimum atomic E-state index is 0.537. The van der Waals surface area contributed by atoms with Gasteiger partial charge in [-0.1, -0.05) is 20.8 Å². The molecule has 0 radical (unpaired) electrons. The molecular weight excluding hydrogens is 198 g/mol. The molecule has 1 fully saturated rings. The third-order valence-corrected chi connectivity index (χ3v) is 3.77. The van der Waals surface area contributed by atoms with Crippen molar-refractivity contribution in [2.75, 3.05) is 6.54 Å². The van der Waals surface area contributed by atoms with Gasteiger partial charge in [0.2, 0.25) is 0 Å². The Labute approximate surface area is 98.4 Å². The van der Waals surface area contributed by atoms with E-state index in [0.29, 0.717) is 11.5 Å². The highest BCUT2D eigenvalue weighted by Crippen LogP contribution is 2.54. The molecule has 0 saturated heterocycles. The van der Waals surface area contributed by atoms with E-state index in [1.165, 1.54) is 18.4 Å². The lowest BCUT2D eigenvalue weighted by atomic mass is 9.98. The quantitative estimate of drug-likeness (QED) is 0.797. The Morgan fingerprint density at radius 3 is 2.81 bits per heavy atom. The van der Waals surface area contributed by atoms with Crippen molar-refractivity contribution in [2.45, 2.75) is 46.1 Å². The van der Waals surface area contributed by atoms with E-state index in [-0.39, 0.29) is 0 Å². The van der Waals surface area contributed by atoms with Gasteiger partial charge in [-0.25, -0.2) is 0 Å². The first kappa shape index (κ1) is 11.7. The lowest BCUT2D eigenvalue weighted by Gasteiger charge is -2.19. The summed E-state index contributed by atoms with van der Waals surface area (Å²) in [7, 11) is 0. The first-order valence-electron chi connectivity index (χ1n) is 6.38. The zero-order valence-corrected chi connectivity index (χ0v) is 10.6. The fraction of sp³-hybridized carbons (Fsp3) is 0.714. The van der Waals surface area contributed by atoms with Crippen LogP contribution in [0.5, 0.6) is 0 Å². The summed E-state index contributed by atoms with van der Waals surface area (Å²) in [5.74, 6) is 0.828. The van der Waals surface area contributed by atoms with Gasteiger partial charge in [0.05, 0.1) is 12.5 Å². The number of hydrogen-bond acceptors (Lipinski definition) is 2. The van der Waals surface area contributed by atoms with E-state index in [0.717, 1.165) is 18.9 Å². The summed E-state index contributed by atoms with van der Waals surface area (Å²) in [6, 6.07) is 2.70. The summed E-state index contributed by atoms with van der Waals surface area (Å²) in [4.78, 5) is 0. The van der Waals surface area contributed by atoms with Gasteiger partial charge in [-0.15, -0.1) is 0 Å². The van der Waals surface area contributed by atoms with Crippen LogP contribution in [0.15, 0.2) is 23.0 Å². The molecule has 0 amide bonds. The van der Waals surface area contributed by atoms with E-state index < -0.39 is 0 Å². The van der Waals surface area contributed by atoms with Crippen LogP contribution in [-0.2, 0) is 6.42 Å². The molecule has 16 heavy (non-hydrogen) atoms. The second-order valence-electron chi connectivity index (χ2n) is 5.70. The van der Waals surface area contributed by atoms with Crippen molar-refractivity contribution in [3.8, 4) is 0 Å². The molecule has 2 unspecified atom stereocenters. The number of hydrogen-bond donors (Lipinski definition) is 1. The van der Waals surface area contributed by atoms with Crippen LogP contribution < -0.4 is 5.32 Å². The molecule has 1 aliphatic carbocycles. The second-order valence-corrected chi connectivity index (χ2v) is 5.70. The molecule has 2 heteroatoms. The predicted octanol–water partition coefficient (Wildman–Crippen LogP) is 3.24. The highest BCUT2D eigenvalue weighted by molar-refractivity contribution is 5.12. The van der Waals surface area contributed by atoms with Gasteiger partial charge in [-0.3, -0.25) is 0 Å². The molecule has 2 nitrogen and oxygen atoms in total. The zero-order valence-electron chi connectivity index (χ0n) is 10.6. The van der Waals surface area contributed by atoms with Gasteiger partial charge in [-0.05, 0) is 48.8 Å². The first-order valence-corrected chi connectivity index (χ1v) is 6.38. The van der Waals surface area contributed by atoms with Crippen LogP contribution >= 0.6 is 0 Å². The van der Waals surface area contributed by atoms with Gasteiger partial charge in [0.1, 0.15) is 0 Å². The van der Waals surface area contributed by atoms with Crippen LogP contribution in [-0.4, -0.2) is 12.6 Å². The zero-order chi connectivity index (χ0) is 11.6. The van der Waals surface area contributed by atoms with Crippen molar-refractivity contribution in [3.63, 3.8) is 0 Å². The first-order chi connectivity index (χ1) is 7.63. The monoisotopic (exact) mass is 221 g/mol. The standard InChI is InChI=1S/C14H23NO/c1-4-6-15-13(12-9-14(12,2)3)8-11-5-7-16-10-11/h5,7,10,12-13,15H,4,6,8-9H2,1-3H3. The lowest BCUT2D eigenvalue weighted by molar-refractivity contribution is 0.401. The van der Waals surface area contributed by atoms with Crippen molar-refractivity contribution in [1.29, 1.82) is 0 Å². The Hall–Kier alpha value is -0.760. The average molecular weight is 221 g/mol. The van der Waals surface area contributed by atoms with E-state index in [4.69, 9.17) is 4.42 Å². The molecule has 0 aliphatic heterocycles. The molecule has 1 aromatic heterocycles. The Morgan fingerprint density at radius 2 is 2.31 bits per heavy atom. The minimum absolute atomic E-state index is 0.537. The van der Waals surface area contributed by atoms with Crippen LogP contribution in [0.4, 0.5) is 0 Å². The van der Waals surface area contributed by atoms with Gasteiger partial charge in [0.15, 0.2) is 0 Å². The Bertz CT molecular complexity index is 315. The maximum absolute atomic E-state index is 5.14. The van der Waals surface area contributed by atoms with E-state index in [1.807, 2.05) is 6.26 Å². The predicted molar refractivity (Wildman–Crippen MR) is 66.4 cm³/mol. The molecule has 1 N–H and O–H groups in total. The molecule has 0 bridgehead atoms. The molecule has 1 heterocycles. The molecule has 2 atom stereocenters. The SMILES string of the molecule is CCCNC(Cc1ccoc1)C1CC1(C)C. The van der Waals surface area contributed by atoms with E-state index >= 15 is 0 Å². The third-order valence-electron chi connectivity index (χ3n) is 3.77. The van der Waals surface area contributed by atoms with Gasteiger partial charge in [0.25, 0.3) is 0 Å². The number of furan rings is 1. The molecule has 90 valence electrons. The van der Waals surface area contributed by atoms with E-state index in [9.17, 15) is 0 Å². The van der Waals surface area contributed by atoms with Crippen LogP contribution in [0.25, 0.3) is 0 Å². The third kappa shape index (κ3) is 2.67. The van der Waals surface area contributed by atoms with Crippen molar-refractivity contribution in [3.05, 3.63) is 24.2 Å². The molecule has 1 aliphatic rings. The number of nitrogens with one attached hydrogen (secondary N) is 1. The van der Waals surface area contributed by atoms with Crippen LogP contribution in [0.1, 0.15) is 39.2 Å². The Balaban J connectivity index is 1.93. The van der Waals surface area contributed by atoms with Gasteiger partial charge in [-0.2, -0.15) is 0 Å². The summed E-state index contributed by atoms with van der Waals surface area (Å²) >= 11 is 0. The lowest BCUT2D eigenvalue weighted by Crippen LogP contribution is -2.35. The summed E-state index contributed by atoms with van der Waals surface area (Å²) in [6.45, 7) is 8.08. The summed E-state index contributed by atoms with van der Waals surface area (Å²) in [6.07, 6.45) is 7.30. The molecular formula is C14H23NO. The normalized spacial score (nSPS) is 24.3. The van der Waals surface area contributed by atoms with E-state index in [1.54, 1.807) is 6.26 Å². The van der Waals surface area contributed by atoms with Crippen molar-refractivity contribution >= 4 is 0 Å². The molecule has 1 saturated carbocycles. The van der Waals surface area contributed by atoms with Gasteiger partial charge in [0, 0.05) is 6.04 Å². The van der Waals surface area contributed by atoms with Crippen LogP contribution in [0.2, 0.25) is 0 Å². The minimum Gasteiger partial charge on any atom is -0.472 e. The Kier molecular flexibility index (Phi) is 3.38. The van der Waals surface area contributed by atoms with Crippen molar-refractivity contribution < 1.29 is 4.42 Å². The summed E-state index contributed by atoms with van der Waals surface area (Å²) < 4.78 is 5.14. The fourth-order valence-corrected chi connectivity index (χ4v) is 2.54. The summed E-state index contributed by atoms with van der Waals surface area (Å²) in [5.41, 5.74) is 1.85. The van der Waals surface area contributed by atoms with Gasteiger partial charge >= 0.3 is 0 Å². The molecule has 1 aromatic rings. The largest absolute Gasteiger partial charge is 0.472 e. The smallest absolute Gasteiger partial charge is 0.0935 e. The number of rotatable bonds is 6. The average Bonchev–Trinajstić information content (AvgIpc) is 2.67. The maximum Gasteiger partial charge on any atom is 0.0935 e.